The van der Waals surface area contributed by atoms with Crippen LogP contribution in [0.1, 0.15) is 29.4 Å². The topological polar surface area (TPSA) is 106 Å². The summed E-state index contributed by atoms with van der Waals surface area (Å²) in [7, 11) is 0. The van der Waals surface area contributed by atoms with Crippen LogP contribution in [0.2, 0.25) is 0 Å². The second kappa shape index (κ2) is 6.10. The second-order valence-corrected chi connectivity index (χ2v) is 3.95. The molecule has 0 radical (unpaired) electrons. The van der Waals surface area contributed by atoms with E-state index in [9.17, 15) is 15.0 Å². The van der Waals surface area contributed by atoms with Crippen molar-refractivity contribution in [2.75, 3.05) is 13.2 Å². The Morgan fingerprint density at radius 1 is 1.50 bits per heavy atom. The van der Waals surface area contributed by atoms with E-state index in [0.717, 1.165) is 0 Å². The average molecular weight is 249 g/mol. The number of nitrogens with one attached hydrogen (secondary N) is 1. The molecule has 0 unspecified atom stereocenters. The zero-order valence-corrected chi connectivity index (χ0v) is 10.1. The number of amides is 1. The lowest BCUT2D eigenvalue weighted by atomic mass is 9.98. The van der Waals surface area contributed by atoms with E-state index in [0.29, 0.717) is 12.0 Å². The molecule has 96 valence electrons. The molecular weight excluding hydrogens is 234 g/mol. The van der Waals surface area contributed by atoms with Crippen LogP contribution in [0.3, 0.4) is 0 Å². The monoisotopic (exact) mass is 249 g/mol. The summed E-state index contributed by atoms with van der Waals surface area (Å²) >= 11 is 0. The first kappa shape index (κ1) is 14.1. The molecule has 6 nitrogen and oxygen atoms in total. The second-order valence-electron chi connectivity index (χ2n) is 3.95. The van der Waals surface area contributed by atoms with Crippen LogP contribution >= 0.6 is 0 Å². The molecule has 6 heteroatoms. The van der Waals surface area contributed by atoms with Crippen LogP contribution < -0.4 is 5.32 Å². The highest BCUT2D eigenvalue weighted by atomic mass is 16.3. The Morgan fingerprint density at radius 2 is 2.17 bits per heavy atom. The number of aliphatic hydroxyl groups is 2. The van der Waals surface area contributed by atoms with Gasteiger partial charge in [0.2, 0.25) is 0 Å². The molecule has 1 heterocycles. The van der Waals surface area contributed by atoms with Crippen molar-refractivity contribution >= 4 is 5.91 Å². The first-order chi connectivity index (χ1) is 8.60. The van der Waals surface area contributed by atoms with Gasteiger partial charge in [-0.2, -0.15) is 5.26 Å². The van der Waals surface area contributed by atoms with Gasteiger partial charge in [-0.25, -0.2) is 4.98 Å². The summed E-state index contributed by atoms with van der Waals surface area (Å²) in [6.45, 7) is 1.03. The first-order valence-corrected chi connectivity index (χ1v) is 5.51. The fourth-order valence-electron chi connectivity index (χ4n) is 1.34. The maximum Gasteiger partial charge on any atom is 0.270 e. The third-order valence-corrected chi connectivity index (χ3v) is 2.79. The number of aromatic nitrogens is 1. The van der Waals surface area contributed by atoms with Gasteiger partial charge in [0, 0.05) is 6.20 Å². The van der Waals surface area contributed by atoms with Crippen LogP contribution in [0.25, 0.3) is 0 Å². The molecule has 1 aromatic rings. The largest absolute Gasteiger partial charge is 0.394 e. The summed E-state index contributed by atoms with van der Waals surface area (Å²) in [5.41, 5.74) is -0.557. The predicted molar refractivity (Wildman–Crippen MR) is 63.6 cm³/mol. The van der Waals surface area contributed by atoms with E-state index in [1.54, 1.807) is 6.92 Å². The van der Waals surface area contributed by atoms with Crippen molar-refractivity contribution in [1.82, 2.24) is 10.3 Å². The zero-order chi connectivity index (χ0) is 13.6. The molecule has 0 fully saturated rings. The lowest BCUT2D eigenvalue weighted by Gasteiger charge is -2.29. The van der Waals surface area contributed by atoms with Crippen LogP contribution in [-0.4, -0.2) is 39.9 Å². The number of pyridine rings is 1. The minimum atomic E-state index is -1.05. The maximum atomic E-state index is 11.9. The number of rotatable bonds is 5. The van der Waals surface area contributed by atoms with E-state index in [1.165, 1.54) is 18.3 Å². The Balaban J connectivity index is 2.84. The molecule has 0 spiro atoms. The first-order valence-electron chi connectivity index (χ1n) is 5.51. The highest BCUT2D eigenvalue weighted by Gasteiger charge is 2.29. The highest BCUT2D eigenvalue weighted by Crippen LogP contribution is 2.10. The molecule has 1 amide bonds. The van der Waals surface area contributed by atoms with Gasteiger partial charge >= 0.3 is 0 Å². The van der Waals surface area contributed by atoms with Crippen LogP contribution in [-0.2, 0) is 0 Å². The van der Waals surface area contributed by atoms with E-state index in [4.69, 9.17) is 5.26 Å². The molecule has 1 rings (SSSR count). The van der Waals surface area contributed by atoms with Crippen LogP contribution in [0, 0.1) is 11.3 Å². The quantitative estimate of drug-likeness (QED) is 0.671. The van der Waals surface area contributed by atoms with Gasteiger partial charge in [0.25, 0.3) is 5.91 Å². The van der Waals surface area contributed by atoms with Gasteiger partial charge in [-0.05, 0) is 18.6 Å². The Bertz CT molecular complexity index is 438. The zero-order valence-electron chi connectivity index (χ0n) is 10.1. The molecule has 0 aliphatic carbocycles. The minimum Gasteiger partial charge on any atom is -0.394 e. The average Bonchev–Trinajstić information content (AvgIpc) is 2.45. The Kier molecular flexibility index (Phi) is 4.77. The predicted octanol–water partition coefficient (Wildman–Crippen LogP) is -0.184. The van der Waals surface area contributed by atoms with E-state index in [-0.39, 0.29) is 18.9 Å². The number of carbonyl (C=O) groups is 1. The molecule has 0 atom stereocenters. The number of carbonyl (C=O) groups excluding carboxylic acids is 1. The van der Waals surface area contributed by atoms with Crippen molar-refractivity contribution in [3.05, 3.63) is 29.6 Å². The summed E-state index contributed by atoms with van der Waals surface area (Å²) in [6, 6.07) is 4.80. The molecule has 0 aromatic carbocycles. The molecule has 0 bridgehead atoms. The standard InChI is InChI=1S/C12H15N3O3/c1-2-12(7-16,8-17)15-11(18)10-4-3-9(5-13)6-14-10/h3-4,6,16-17H,2,7-8H2,1H3,(H,15,18). The van der Waals surface area contributed by atoms with Gasteiger partial charge in [-0.1, -0.05) is 6.92 Å². The van der Waals surface area contributed by atoms with Crippen molar-refractivity contribution in [2.24, 2.45) is 0 Å². The van der Waals surface area contributed by atoms with Gasteiger partial charge < -0.3 is 15.5 Å². The Labute approximate surface area is 105 Å². The minimum absolute atomic E-state index is 0.133. The Morgan fingerprint density at radius 3 is 2.56 bits per heavy atom. The van der Waals surface area contributed by atoms with Crippen LogP contribution in [0.5, 0.6) is 0 Å². The van der Waals surface area contributed by atoms with Crippen molar-refractivity contribution in [1.29, 1.82) is 5.26 Å². The normalized spacial score (nSPS) is 10.8. The summed E-state index contributed by atoms with van der Waals surface area (Å²) in [4.78, 5) is 15.7. The van der Waals surface area contributed by atoms with Crippen molar-refractivity contribution < 1.29 is 15.0 Å². The SMILES string of the molecule is CCC(CO)(CO)NC(=O)c1ccc(C#N)cn1. The maximum absolute atomic E-state index is 11.9. The molecule has 0 saturated carbocycles. The summed E-state index contributed by atoms with van der Waals surface area (Å²) in [5, 5.41) is 29.6. The van der Waals surface area contributed by atoms with Crippen LogP contribution in [0.15, 0.2) is 18.3 Å². The van der Waals surface area contributed by atoms with E-state index < -0.39 is 11.4 Å². The molecule has 18 heavy (non-hydrogen) atoms. The van der Waals surface area contributed by atoms with E-state index in [2.05, 4.69) is 10.3 Å². The molecule has 3 N–H and O–H groups in total. The van der Waals surface area contributed by atoms with Gasteiger partial charge in [0.1, 0.15) is 11.8 Å². The fraction of sp³-hybridized carbons (Fsp3) is 0.417. The van der Waals surface area contributed by atoms with Crippen molar-refractivity contribution in [2.45, 2.75) is 18.9 Å². The summed E-state index contributed by atoms with van der Waals surface area (Å²) in [5.74, 6) is -0.496. The van der Waals surface area contributed by atoms with Crippen LogP contribution in [0.4, 0.5) is 0 Å². The highest BCUT2D eigenvalue weighted by molar-refractivity contribution is 5.92. The fourth-order valence-corrected chi connectivity index (χ4v) is 1.34. The number of hydrogen-bond donors (Lipinski definition) is 3. The van der Waals surface area contributed by atoms with Gasteiger partial charge in [-0.15, -0.1) is 0 Å². The third kappa shape index (κ3) is 3.03. The lowest BCUT2D eigenvalue weighted by Crippen LogP contribution is -2.53. The van der Waals surface area contributed by atoms with E-state index >= 15 is 0 Å². The van der Waals surface area contributed by atoms with Crippen molar-refractivity contribution in [3.63, 3.8) is 0 Å². The molecular formula is C12H15N3O3. The van der Waals surface area contributed by atoms with Gasteiger partial charge in [0.05, 0.1) is 24.3 Å². The van der Waals surface area contributed by atoms with Gasteiger partial charge in [-0.3, -0.25) is 4.79 Å². The number of hydrogen-bond acceptors (Lipinski definition) is 5. The van der Waals surface area contributed by atoms with Gasteiger partial charge in [0.15, 0.2) is 0 Å². The van der Waals surface area contributed by atoms with E-state index in [1.807, 2.05) is 6.07 Å². The van der Waals surface area contributed by atoms with Crippen molar-refractivity contribution in [3.8, 4) is 6.07 Å². The molecule has 0 aliphatic heterocycles. The Hall–Kier alpha value is -1.97. The number of nitrogens with zero attached hydrogens (tertiary/aromatic N) is 2. The molecule has 0 saturated heterocycles. The molecule has 1 aromatic heterocycles. The number of nitriles is 1. The summed E-state index contributed by atoms with van der Waals surface area (Å²) in [6.07, 6.45) is 1.68. The smallest absolute Gasteiger partial charge is 0.270 e. The molecule has 0 aliphatic rings. The number of aliphatic hydroxyl groups excluding tert-OH is 2. The summed E-state index contributed by atoms with van der Waals surface area (Å²) < 4.78 is 0. The third-order valence-electron chi connectivity index (χ3n) is 2.79. The lowest BCUT2D eigenvalue weighted by molar-refractivity contribution is 0.0649.